The Morgan fingerprint density at radius 1 is 1.04 bits per heavy atom. The Morgan fingerprint density at radius 2 is 1.76 bits per heavy atom. The molecule has 0 spiro atoms. The van der Waals surface area contributed by atoms with Gasteiger partial charge in [-0.1, -0.05) is 12.1 Å². The molecule has 1 aromatic heterocycles. The Labute approximate surface area is 156 Å². The lowest BCUT2D eigenvalue weighted by atomic mass is 10.1. The first-order valence-electron chi connectivity index (χ1n) is 8.65. The van der Waals surface area contributed by atoms with Gasteiger partial charge in [0.1, 0.15) is 5.82 Å². The number of hydrogen-bond donors (Lipinski definition) is 1. The van der Waals surface area contributed by atoms with Crippen LogP contribution in [0.15, 0.2) is 42.6 Å². The van der Waals surface area contributed by atoms with Crippen molar-refractivity contribution in [3.63, 3.8) is 0 Å². The average molecular weight is 372 g/mol. The van der Waals surface area contributed by atoms with Gasteiger partial charge in [-0.3, -0.25) is 4.79 Å². The van der Waals surface area contributed by atoms with Gasteiger partial charge in [-0.2, -0.15) is 0 Å². The molecule has 0 saturated carbocycles. The minimum absolute atomic E-state index is 0.0889. The second-order valence-electron chi connectivity index (χ2n) is 6.25. The van der Waals surface area contributed by atoms with Crippen molar-refractivity contribution in [2.45, 2.75) is 17.4 Å². The highest BCUT2D eigenvalue weighted by Crippen LogP contribution is 2.45. The van der Waals surface area contributed by atoms with Crippen molar-refractivity contribution in [2.24, 2.45) is 0 Å². The second kappa shape index (κ2) is 7.70. The summed E-state index contributed by atoms with van der Waals surface area (Å²) >= 11 is 3.95. The third-order valence-electron chi connectivity index (χ3n) is 4.50. The van der Waals surface area contributed by atoms with E-state index in [4.69, 9.17) is 0 Å². The van der Waals surface area contributed by atoms with Gasteiger partial charge in [0.2, 0.25) is 0 Å². The van der Waals surface area contributed by atoms with Gasteiger partial charge in [-0.05, 0) is 42.7 Å². The summed E-state index contributed by atoms with van der Waals surface area (Å²) in [5.74, 6) is 3.32. The minimum atomic E-state index is -0.0889. The van der Waals surface area contributed by atoms with Crippen molar-refractivity contribution >= 4 is 40.9 Å². The van der Waals surface area contributed by atoms with Crippen molar-refractivity contribution in [2.75, 3.05) is 34.8 Å². The first-order valence-corrected chi connectivity index (χ1v) is 10.7. The topological polar surface area (TPSA) is 45.2 Å². The van der Waals surface area contributed by atoms with E-state index in [1.54, 1.807) is 6.20 Å². The van der Waals surface area contributed by atoms with Crippen LogP contribution in [-0.4, -0.2) is 35.5 Å². The van der Waals surface area contributed by atoms with Crippen LogP contribution in [0.25, 0.3) is 0 Å². The van der Waals surface area contributed by atoms with E-state index in [1.165, 1.54) is 29.9 Å². The number of nitrogens with one attached hydrogen (secondary N) is 1. The van der Waals surface area contributed by atoms with Gasteiger partial charge in [-0.15, -0.1) is 23.5 Å². The van der Waals surface area contributed by atoms with Crippen LogP contribution in [0.4, 0.5) is 11.5 Å². The number of rotatable bonds is 4. The summed E-state index contributed by atoms with van der Waals surface area (Å²) in [6.07, 6.45) is 4.20. The second-order valence-corrected chi connectivity index (χ2v) is 8.97. The van der Waals surface area contributed by atoms with Crippen molar-refractivity contribution < 1.29 is 4.79 Å². The van der Waals surface area contributed by atoms with Crippen LogP contribution in [-0.2, 0) is 0 Å². The van der Waals surface area contributed by atoms with Crippen LogP contribution < -0.4 is 10.2 Å². The van der Waals surface area contributed by atoms with Crippen molar-refractivity contribution in [1.29, 1.82) is 0 Å². The molecule has 2 fully saturated rings. The van der Waals surface area contributed by atoms with Crippen LogP contribution >= 0.6 is 23.5 Å². The number of benzene rings is 1. The standard InChI is InChI=1S/C19H21N3OS2/c23-18(14-3-5-15(6-4-14)19-24-11-12-25-19)21-16-7-8-17(20-13-16)22-9-1-2-10-22/h3-8,13,19H,1-2,9-12H2,(H,21,23). The number of amides is 1. The molecule has 2 aliphatic rings. The zero-order chi connectivity index (χ0) is 17.1. The van der Waals surface area contributed by atoms with Crippen molar-refractivity contribution in [1.82, 2.24) is 4.98 Å². The molecule has 0 bridgehead atoms. The highest BCUT2D eigenvalue weighted by Gasteiger charge is 2.18. The summed E-state index contributed by atoms with van der Waals surface area (Å²) in [7, 11) is 0. The van der Waals surface area contributed by atoms with E-state index in [2.05, 4.69) is 27.3 Å². The lowest BCUT2D eigenvalue weighted by molar-refractivity contribution is 0.102. The number of hydrogen-bond acceptors (Lipinski definition) is 5. The lowest BCUT2D eigenvalue weighted by Crippen LogP contribution is -2.19. The fourth-order valence-electron chi connectivity index (χ4n) is 3.14. The van der Waals surface area contributed by atoms with E-state index in [-0.39, 0.29) is 5.91 Å². The number of carbonyl (C=O) groups is 1. The quantitative estimate of drug-likeness (QED) is 0.862. The molecule has 6 heteroatoms. The first-order chi connectivity index (χ1) is 12.3. The molecule has 1 amide bonds. The molecule has 0 unspecified atom stereocenters. The lowest BCUT2D eigenvalue weighted by Gasteiger charge is -2.16. The molecular weight excluding hydrogens is 350 g/mol. The molecule has 2 aromatic rings. The first kappa shape index (κ1) is 16.8. The predicted molar refractivity (Wildman–Crippen MR) is 108 cm³/mol. The maximum atomic E-state index is 12.4. The number of nitrogens with zero attached hydrogens (tertiary/aromatic N) is 2. The third kappa shape index (κ3) is 3.96. The smallest absolute Gasteiger partial charge is 0.255 e. The van der Waals surface area contributed by atoms with Gasteiger partial charge >= 0.3 is 0 Å². The summed E-state index contributed by atoms with van der Waals surface area (Å²) in [4.78, 5) is 19.2. The molecule has 130 valence electrons. The van der Waals surface area contributed by atoms with Crippen molar-refractivity contribution in [3.8, 4) is 0 Å². The van der Waals surface area contributed by atoms with E-state index in [0.717, 1.165) is 24.6 Å². The van der Waals surface area contributed by atoms with E-state index in [0.29, 0.717) is 10.1 Å². The molecule has 0 radical (unpaired) electrons. The fourth-order valence-corrected chi connectivity index (χ4v) is 6.00. The number of pyridine rings is 1. The summed E-state index contributed by atoms with van der Waals surface area (Å²) in [6.45, 7) is 2.14. The summed E-state index contributed by atoms with van der Waals surface area (Å²) in [6, 6.07) is 11.9. The average Bonchev–Trinajstić information content (AvgIpc) is 3.36. The molecule has 25 heavy (non-hydrogen) atoms. The molecule has 1 aromatic carbocycles. The molecule has 2 aliphatic heterocycles. The van der Waals surface area contributed by atoms with Gasteiger partial charge < -0.3 is 10.2 Å². The normalized spacial score (nSPS) is 17.8. The molecule has 0 atom stereocenters. The molecule has 0 aliphatic carbocycles. The predicted octanol–water partition coefficient (Wildman–Crippen LogP) is 4.41. The highest BCUT2D eigenvalue weighted by atomic mass is 32.2. The van der Waals surface area contributed by atoms with Crippen LogP contribution in [0.3, 0.4) is 0 Å². The van der Waals surface area contributed by atoms with E-state index in [1.807, 2.05) is 47.8 Å². The zero-order valence-corrected chi connectivity index (χ0v) is 15.6. The van der Waals surface area contributed by atoms with Crippen LogP contribution in [0.1, 0.15) is 33.3 Å². The monoisotopic (exact) mass is 371 g/mol. The van der Waals surface area contributed by atoms with Gasteiger partial charge in [0.05, 0.1) is 16.5 Å². The number of thioether (sulfide) groups is 2. The molecule has 1 N–H and O–H groups in total. The van der Waals surface area contributed by atoms with Crippen LogP contribution in [0.2, 0.25) is 0 Å². The summed E-state index contributed by atoms with van der Waals surface area (Å²) < 4.78 is 0.513. The van der Waals surface area contributed by atoms with Gasteiger partial charge in [0.25, 0.3) is 5.91 Å². The molecule has 4 rings (SSSR count). The Kier molecular flexibility index (Phi) is 5.17. The maximum Gasteiger partial charge on any atom is 0.255 e. The molecule has 3 heterocycles. The van der Waals surface area contributed by atoms with E-state index in [9.17, 15) is 4.79 Å². The Balaban J connectivity index is 1.39. The Bertz CT molecular complexity index is 721. The fraction of sp³-hybridized carbons (Fsp3) is 0.368. The van der Waals surface area contributed by atoms with Gasteiger partial charge in [-0.25, -0.2) is 4.98 Å². The zero-order valence-electron chi connectivity index (χ0n) is 14.0. The Morgan fingerprint density at radius 3 is 2.40 bits per heavy atom. The minimum Gasteiger partial charge on any atom is -0.357 e. The molecular formula is C19H21N3OS2. The maximum absolute atomic E-state index is 12.4. The largest absolute Gasteiger partial charge is 0.357 e. The van der Waals surface area contributed by atoms with Crippen LogP contribution in [0, 0.1) is 0 Å². The van der Waals surface area contributed by atoms with E-state index < -0.39 is 0 Å². The van der Waals surface area contributed by atoms with Gasteiger partial charge in [0.15, 0.2) is 0 Å². The van der Waals surface area contributed by atoms with Gasteiger partial charge in [0, 0.05) is 30.2 Å². The number of aromatic nitrogens is 1. The number of carbonyl (C=O) groups excluding carboxylic acids is 1. The molecule has 4 nitrogen and oxygen atoms in total. The summed E-state index contributed by atoms with van der Waals surface area (Å²) in [5, 5.41) is 2.93. The third-order valence-corrected chi connectivity index (χ3v) is 7.61. The van der Waals surface area contributed by atoms with E-state index >= 15 is 0 Å². The van der Waals surface area contributed by atoms with Crippen molar-refractivity contribution in [3.05, 3.63) is 53.7 Å². The number of anilines is 2. The summed E-state index contributed by atoms with van der Waals surface area (Å²) in [5.41, 5.74) is 2.71. The molecule has 2 saturated heterocycles. The highest BCUT2D eigenvalue weighted by molar-refractivity contribution is 8.19. The van der Waals surface area contributed by atoms with Crippen LogP contribution in [0.5, 0.6) is 0 Å². The Hall–Kier alpha value is -1.66. The SMILES string of the molecule is O=C(Nc1ccc(N2CCCC2)nc1)c1ccc(C2SCCS2)cc1.